The van der Waals surface area contributed by atoms with E-state index in [4.69, 9.17) is 0 Å². The molecule has 0 saturated carbocycles. The lowest BCUT2D eigenvalue weighted by Gasteiger charge is -2.10. The molecule has 0 aliphatic rings. The summed E-state index contributed by atoms with van der Waals surface area (Å²) in [5, 5.41) is 3.39. The third-order valence-corrected chi connectivity index (χ3v) is 3.11. The Hall–Kier alpha value is -0.670. The first-order valence-electron chi connectivity index (χ1n) is 5.90. The number of hydrogen-bond acceptors (Lipinski definition) is 1. The third kappa shape index (κ3) is 5.00. The average Bonchev–Trinajstić information content (AvgIpc) is 2.28. The molecule has 1 aromatic rings. The van der Waals surface area contributed by atoms with E-state index in [0.29, 0.717) is 10.5 Å². The van der Waals surface area contributed by atoms with Crippen LogP contribution in [0.25, 0.3) is 6.08 Å². The molecule has 1 aromatic carbocycles. The second-order valence-electron chi connectivity index (χ2n) is 4.37. The lowest BCUT2D eigenvalue weighted by Crippen LogP contribution is -2.24. The Morgan fingerprint density at radius 3 is 2.71 bits per heavy atom. The molecular formula is C14H19BrFN. The zero-order valence-corrected chi connectivity index (χ0v) is 12.1. The maximum absolute atomic E-state index is 13.1. The number of halogens is 2. The highest BCUT2D eigenvalue weighted by Crippen LogP contribution is 2.19. The van der Waals surface area contributed by atoms with Gasteiger partial charge in [0.2, 0.25) is 0 Å². The van der Waals surface area contributed by atoms with Crippen molar-refractivity contribution < 1.29 is 4.39 Å². The maximum Gasteiger partial charge on any atom is 0.137 e. The van der Waals surface area contributed by atoms with Crippen molar-refractivity contribution in [3.05, 3.63) is 39.6 Å². The van der Waals surface area contributed by atoms with E-state index in [1.54, 1.807) is 12.1 Å². The van der Waals surface area contributed by atoms with Crippen molar-refractivity contribution in [1.29, 1.82) is 0 Å². The van der Waals surface area contributed by atoms with Crippen LogP contribution in [0.2, 0.25) is 0 Å². The van der Waals surface area contributed by atoms with Gasteiger partial charge in [0, 0.05) is 12.6 Å². The fourth-order valence-corrected chi connectivity index (χ4v) is 1.85. The number of benzene rings is 1. The Morgan fingerprint density at radius 1 is 1.47 bits per heavy atom. The molecule has 0 spiro atoms. The predicted molar refractivity (Wildman–Crippen MR) is 75.5 cm³/mol. The predicted octanol–water partition coefficient (Wildman–Crippen LogP) is 4.38. The summed E-state index contributed by atoms with van der Waals surface area (Å²) in [6, 6.07) is 5.56. The molecule has 1 N–H and O–H groups in total. The summed E-state index contributed by atoms with van der Waals surface area (Å²) >= 11 is 3.20. The van der Waals surface area contributed by atoms with E-state index in [1.807, 2.05) is 0 Å². The van der Waals surface area contributed by atoms with Gasteiger partial charge >= 0.3 is 0 Å². The zero-order valence-electron chi connectivity index (χ0n) is 10.6. The van der Waals surface area contributed by atoms with Crippen molar-refractivity contribution in [2.75, 3.05) is 6.54 Å². The Labute approximate surface area is 111 Å². The number of hydrogen-bond donors (Lipinski definition) is 1. The standard InChI is InChI=1S/C14H19BrFN/c1-4-11(9-17-10(2)3)7-12-5-6-14(16)13(15)8-12/h5-8,10,17H,4,9H2,1-3H3. The summed E-state index contributed by atoms with van der Waals surface area (Å²) in [4.78, 5) is 0. The van der Waals surface area contributed by atoms with Crippen LogP contribution in [0.5, 0.6) is 0 Å². The summed E-state index contributed by atoms with van der Waals surface area (Å²) in [6.07, 6.45) is 3.11. The Bertz CT molecular complexity index is 399. The molecule has 1 nitrogen and oxygen atoms in total. The molecule has 0 aromatic heterocycles. The van der Waals surface area contributed by atoms with Crippen molar-refractivity contribution in [3.8, 4) is 0 Å². The summed E-state index contributed by atoms with van der Waals surface area (Å²) in [5.74, 6) is -0.222. The quantitative estimate of drug-likeness (QED) is 0.851. The molecule has 0 atom stereocenters. The lowest BCUT2D eigenvalue weighted by atomic mass is 10.1. The second kappa shape index (κ2) is 6.92. The van der Waals surface area contributed by atoms with Crippen molar-refractivity contribution in [3.63, 3.8) is 0 Å². The number of rotatable bonds is 5. The SMILES string of the molecule is CCC(=Cc1ccc(F)c(Br)c1)CNC(C)C. The topological polar surface area (TPSA) is 12.0 Å². The maximum atomic E-state index is 13.1. The zero-order chi connectivity index (χ0) is 12.8. The van der Waals surface area contributed by atoms with Gasteiger partial charge in [-0.15, -0.1) is 0 Å². The van der Waals surface area contributed by atoms with E-state index >= 15 is 0 Å². The van der Waals surface area contributed by atoms with E-state index in [2.05, 4.69) is 48.1 Å². The molecular weight excluding hydrogens is 281 g/mol. The molecule has 0 amide bonds. The minimum absolute atomic E-state index is 0.222. The summed E-state index contributed by atoms with van der Waals surface area (Å²) < 4.78 is 13.6. The first-order chi connectivity index (χ1) is 8.02. The first-order valence-corrected chi connectivity index (χ1v) is 6.70. The number of nitrogens with one attached hydrogen (secondary N) is 1. The molecule has 0 heterocycles. The largest absolute Gasteiger partial charge is 0.311 e. The van der Waals surface area contributed by atoms with E-state index in [-0.39, 0.29) is 5.82 Å². The van der Waals surface area contributed by atoms with Gasteiger partial charge in [-0.05, 0) is 40.0 Å². The molecule has 0 bridgehead atoms. The molecule has 0 radical (unpaired) electrons. The van der Waals surface area contributed by atoms with E-state index < -0.39 is 0 Å². The summed E-state index contributed by atoms with van der Waals surface area (Å²) in [6.45, 7) is 7.26. The molecule has 3 heteroatoms. The molecule has 1 rings (SSSR count). The van der Waals surface area contributed by atoms with E-state index in [1.165, 1.54) is 11.6 Å². The smallest absolute Gasteiger partial charge is 0.137 e. The second-order valence-corrected chi connectivity index (χ2v) is 5.22. The van der Waals surface area contributed by atoms with Gasteiger partial charge in [0.05, 0.1) is 4.47 Å². The van der Waals surface area contributed by atoms with Crippen LogP contribution in [-0.2, 0) is 0 Å². The van der Waals surface area contributed by atoms with Crippen molar-refractivity contribution in [2.24, 2.45) is 0 Å². The minimum atomic E-state index is -0.222. The van der Waals surface area contributed by atoms with E-state index in [9.17, 15) is 4.39 Å². The van der Waals surface area contributed by atoms with Crippen molar-refractivity contribution in [2.45, 2.75) is 33.2 Å². The Kier molecular flexibility index (Phi) is 5.86. The highest BCUT2D eigenvalue weighted by Gasteiger charge is 2.01. The normalized spacial score (nSPS) is 12.2. The summed E-state index contributed by atoms with van der Waals surface area (Å²) in [7, 11) is 0. The lowest BCUT2D eigenvalue weighted by molar-refractivity contribution is 0.616. The molecule has 0 fully saturated rings. The van der Waals surface area contributed by atoms with Crippen LogP contribution in [0.4, 0.5) is 4.39 Å². The van der Waals surface area contributed by atoms with Crippen LogP contribution in [0.1, 0.15) is 32.8 Å². The van der Waals surface area contributed by atoms with Gasteiger partial charge in [0.25, 0.3) is 0 Å². The summed E-state index contributed by atoms with van der Waals surface area (Å²) in [5.41, 5.74) is 2.35. The van der Waals surface area contributed by atoms with E-state index in [0.717, 1.165) is 18.5 Å². The monoisotopic (exact) mass is 299 g/mol. The van der Waals surface area contributed by atoms with Crippen LogP contribution in [0.3, 0.4) is 0 Å². The molecule has 17 heavy (non-hydrogen) atoms. The van der Waals surface area contributed by atoms with Crippen molar-refractivity contribution in [1.82, 2.24) is 5.32 Å². The highest BCUT2D eigenvalue weighted by molar-refractivity contribution is 9.10. The van der Waals surface area contributed by atoms with Gasteiger partial charge in [-0.2, -0.15) is 0 Å². The molecule has 0 aliphatic carbocycles. The van der Waals surface area contributed by atoms with Gasteiger partial charge < -0.3 is 5.32 Å². The Morgan fingerprint density at radius 2 is 2.18 bits per heavy atom. The minimum Gasteiger partial charge on any atom is -0.311 e. The van der Waals surface area contributed by atoms with Gasteiger partial charge in [0.15, 0.2) is 0 Å². The van der Waals surface area contributed by atoms with Crippen LogP contribution >= 0.6 is 15.9 Å². The molecule has 94 valence electrons. The molecule has 0 saturated heterocycles. The Balaban J connectivity index is 2.79. The van der Waals surface area contributed by atoms with Gasteiger partial charge in [-0.25, -0.2) is 4.39 Å². The molecule has 0 aliphatic heterocycles. The van der Waals surface area contributed by atoms with Gasteiger partial charge in [0.1, 0.15) is 5.82 Å². The van der Waals surface area contributed by atoms with Gasteiger partial charge in [-0.3, -0.25) is 0 Å². The fourth-order valence-electron chi connectivity index (χ4n) is 1.45. The van der Waals surface area contributed by atoms with Crippen LogP contribution in [0.15, 0.2) is 28.2 Å². The van der Waals surface area contributed by atoms with Gasteiger partial charge in [-0.1, -0.05) is 38.5 Å². The average molecular weight is 300 g/mol. The van der Waals surface area contributed by atoms with Crippen LogP contribution in [-0.4, -0.2) is 12.6 Å². The van der Waals surface area contributed by atoms with Crippen molar-refractivity contribution >= 4 is 22.0 Å². The highest BCUT2D eigenvalue weighted by atomic mass is 79.9. The van der Waals surface area contributed by atoms with Crippen LogP contribution < -0.4 is 5.32 Å². The van der Waals surface area contributed by atoms with Crippen LogP contribution in [0, 0.1) is 5.82 Å². The first kappa shape index (κ1) is 14.4. The fraction of sp³-hybridized carbons (Fsp3) is 0.429. The molecule has 0 unspecified atom stereocenters. The third-order valence-electron chi connectivity index (χ3n) is 2.51.